The first-order chi connectivity index (χ1) is 17.6. The van der Waals surface area contributed by atoms with E-state index in [0.29, 0.717) is 29.8 Å². The monoisotopic (exact) mass is 504 g/mol. The Morgan fingerprint density at radius 1 is 1.06 bits per heavy atom. The first-order valence-corrected chi connectivity index (χ1v) is 12.6. The summed E-state index contributed by atoms with van der Waals surface area (Å²) in [6, 6.07) is 20.0. The predicted octanol–water partition coefficient (Wildman–Crippen LogP) is 6.71. The lowest BCUT2D eigenvalue weighted by Gasteiger charge is -2.31. The second-order valence-corrected chi connectivity index (χ2v) is 9.61. The molecule has 6 nitrogen and oxygen atoms in total. The average Bonchev–Trinajstić information content (AvgIpc) is 3.56. The molecular formula is C28H29FN4O2S. The molecule has 1 saturated heterocycles. The van der Waals surface area contributed by atoms with Crippen LogP contribution in [0.2, 0.25) is 0 Å². The van der Waals surface area contributed by atoms with E-state index in [2.05, 4.69) is 22.3 Å². The average molecular weight is 505 g/mol. The summed E-state index contributed by atoms with van der Waals surface area (Å²) in [7, 11) is 0. The molecule has 2 aromatic carbocycles. The number of anilines is 2. The summed E-state index contributed by atoms with van der Waals surface area (Å²) in [5, 5.41) is 8.25. The Kier molecular flexibility index (Phi) is 7.32. The molecule has 4 aromatic rings. The van der Waals surface area contributed by atoms with Crippen molar-refractivity contribution in [1.82, 2.24) is 10.1 Å². The third-order valence-corrected chi connectivity index (χ3v) is 6.90. The molecule has 0 atom stereocenters. The fourth-order valence-electron chi connectivity index (χ4n) is 4.44. The van der Waals surface area contributed by atoms with Crippen molar-refractivity contribution in [3.05, 3.63) is 90.1 Å². The van der Waals surface area contributed by atoms with Crippen molar-refractivity contribution < 1.29 is 13.3 Å². The molecule has 0 saturated carbocycles. The van der Waals surface area contributed by atoms with E-state index in [4.69, 9.17) is 21.2 Å². The van der Waals surface area contributed by atoms with Gasteiger partial charge in [-0.3, -0.25) is 0 Å². The summed E-state index contributed by atoms with van der Waals surface area (Å²) in [5.74, 6) is 1.97. The summed E-state index contributed by atoms with van der Waals surface area (Å²) in [5.41, 5.74) is 3.48. The molecule has 8 heteroatoms. The van der Waals surface area contributed by atoms with Gasteiger partial charge < -0.3 is 24.1 Å². The summed E-state index contributed by atoms with van der Waals surface area (Å²) >= 11 is 5.83. The molecule has 3 heterocycles. The van der Waals surface area contributed by atoms with Crippen LogP contribution in [0.5, 0.6) is 0 Å². The maximum absolute atomic E-state index is 13.4. The van der Waals surface area contributed by atoms with E-state index < -0.39 is 0 Å². The van der Waals surface area contributed by atoms with E-state index in [1.54, 1.807) is 18.4 Å². The van der Waals surface area contributed by atoms with Crippen LogP contribution >= 0.6 is 12.2 Å². The van der Waals surface area contributed by atoms with Crippen molar-refractivity contribution in [3.63, 3.8) is 0 Å². The first kappa shape index (κ1) is 24.1. The van der Waals surface area contributed by atoms with E-state index in [1.807, 2.05) is 47.4 Å². The normalized spacial score (nSPS) is 14.1. The SMILES string of the molecule is CC1CCN(c2onc(-c3ccccc3)c2CN(Cc2ccco2)C(=S)Nc2ccc(F)cc2)CC1. The topological polar surface area (TPSA) is 57.7 Å². The summed E-state index contributed by atoms with van der Waals surface area (Å²) in [4.78, 5) is 4.31. The van der Waals surface area contributed by atoms with E-state index in [1.165, 1.54) is 12.1 Å². The van der Waals surface area contributed by atoms with Crippen molar-refractivity contribution in [3.8, 4) is 11.3 Å². The molecule has 1 N–H and O–H groups in total. The van der Waals surface area contributed by atoms with Crippen LogP contribution in [0.1, 0.15) is 31.1 Å². The number of nitrogens with zero attached hydrogens (tertiary/aromatic N) is 3. The van der Waals surface area contributed by atoms with Crippen LogP contribution in [0.25, 0.3) is 11.3 Å². The molecule has 36 heavy (non-hydrogen) atoms. The standard InChI is InChI=1S/C28H29FN4O2S/c1-20-13-15-32(16-14-20)27-25(26(31-35-27)21-6-3-2-4-7-21)19-33(18-24-8-5-17-34-24)28(36)30-23-11-9-22(29)10-12-23/h2-12,17,20H,13-16,18-19H2,1H3,(H,30,36). The zero-order chi connectivity index (χ0) is 24.9. The van der Waals surface area contributed by atoms with Crippen molar-refractivity contribution >= 4 is 28.9 Å². The van der Waals surface area contributed by atoms with Crippen LogP contribution in [0.4, 0.5) is 16.0 Å². The minimum atomic E-state index is -0.295. The number of nitrogens with one attached hydrogen (secondary N) is 1. The third-order valence-electron chi connectivity index (χ3n) is 6.54. The minimum absolute atomic E-state index is 0.295. The molecule has 1 fully saturated rings. The zero-order valence-electron chi connectivity index (χ0n) is 20.2. The summed E-state index contributed by atoms with van der Waals surface area (Å²) < 4.78 is 25.1. The number of hydrogen-bond acceptors (Lipinski definition) is 5. The highest BCUT2D eigenvalue weighted by molar-refractivity contribution is 7.80. The van der Waals surface area contributed by atoms with E-state index in [0.717, 1.165) is 54.4 Å². The van der Waals surface area contributed by atoms with Gasteiger partial charge in [0, 0.05) is 24.3 Å². The number of benzene rings is 2. The van der Waals surface area contributed by atoms with Gasteiger partial charge in [-0.15, -0.1) is 0 Å². The second kappa shape index (κ2) is 11.0. The molecule has 186 valence electrons. The van der Waals surface area contributed by atoms with Crippen LogP contribution in [-0.2, 0) is 13.1 Å². The lowest BCUT2D eigenvalue weighted by molar-refractivity contribution is 0.353. The van der Waals surface area contributed by atoms with Gasteiger partial charge in [-0.25, -0.2) is 4.39 Å². The van der Waals surface area contributed by atoms with Gasteiger partial charge in [0.2, 0.25) is 5.88 Å². The van der Waals surface area contributed by atoms with Gasteiger partial charge in [0.1, 0.15) is 17.3 Å². The smallest absolute Gasteiger partial charge is 0.232 e. The molecule has 2 aromatic heterocycles. The van der Waals surface area contributed by atoms with Gasteiger partial charge in [-0.05, 0) is 67.4 Å². The van der Waals surface area contributed by atoms with Gasteiger partial charge >= 0.3 is 0 Å². The Bertz CT molecular complexity index is 1270. The Labute approximate surface area is 215 Å². The fourth-order valence-corrected chi connectivity index (χ4v) is 4.69. The van der Waals surface area contributed by atoms with Gasteiger partial charge in [-0.1, -0.05) is 42.4 Å². The fraction of sp³-hybridized carbons (Fsp3) is 0.286. The zero-order valence-corrected chi connectivity index (χ0v) is 21.0. The number of aromatic nitrogens is 1. The second-order valence-electron chi connectivity index (χ2n) is 9.22. The van der Waals surface area contributed by atoms with Crippen molar-refractivity contribution in [2.45, 2.75) is 32.9 Å². The molecule has 1 aliphatic heterocycles. The highest BCUT2D eigenvalue weighted by atomic mass is 32.1. The highest BCUT2D eigenvalue weighted by Crippen LogP contribution is 2.35. The number of halogens is 1. The van der Waals surface area contributed by atoms with Gasteiger partial charge in [0.25, 0.3) is 0 Å². The molecule has 0 aliphatic carbocycles. The largest absolute Gasteiger partial charge is 0.467 e. The molecule has 0 radical (unpaired) electrons. The van der Waals surface area contributed by atoms with Crippen LogP contribution in [0.3, 0.4) is 0 Å². The molecule has 5 rings (SSSR count). The molecular weight excluding hydrogens is 475 g/mol. The van der Waals surface area contributed by atoms with Crippen molar-refractivity contribution in [2.24, 2.45) is 5.92 Å². The summed E-state index contributed by atoms with van der Waals surface area (Å²) in [6.07, 6.45) is 3.88. The van der Waals surface area contributed by atoms with Gasteiger partial charge in [-0.2, -0.15) is 0 Å². The lowest BCUT2D eigenvalue weighted by atomic mass is 9.98. The van der Waals surface area contributed by atoms with Crippen LogP contribution in [0.15, 0.2) is 81.9 Å². The van der Waals surface area contributed by atoms with Crippen LogP contribution in [-0.4, -0.2) is 28.3 Å². The maximum Gasteiger partial charge on any atom is 0.232 e. The molecule has 0 bridgehead atoms. The van der Waals surface area contributed by atoms with E-state index >= 15 is 0 Å². The minimum Gasteiger partial charge on any atom is -0.467 e. The van der Waals surface area contributed by atoms with Crippen molar-refractivity contribution in [2.75, 3.05) is 23.3 Å². The Morgan fingerprint density at radius 3 is 2.50 bits per heavy atom. The number of furan rings is 1. The molecule has 0 unspecified atom stereocenters. The predicted molar refractivity (Wildman–Crippen MR) is 143 cm³/mol. The Morgan fingerprint density at radius 2 is 1.81 bits per heavy atom. The van der Waals surface area contributed by atoms with Gasteiger partial charge in [0.05, 0.1) is 24.9 Å². The highest BCUT2D eigenvalue weighted by Gasteiger charge is 2.28. The molecule has 1 aliphatic rings. The maximum atomic E-state index is 13.4. The lowest BCUT2D eigenvalue weighted by Crippen LogP contribution is -2.36. The number of rotatable bonds is 7. The molecule has 0 amide bonds. The van der Waals surface area contributed by atoms with E-state index in [9.17, 15) is 4.39 Å². The molecule has 0 spiro atoms. The van der Waals surface area contributed by atoms with E-state index in [-0.39, 0.29) is 5.82 Å². The number of hydrogen-bond donors (Lipinski definition) is 1. The van der Waals surface area contributed by atoms with Crippen LogP contribution < -0.4 is 10.2 Å². The Balaban J connectivity index is 1.48. The Hall–Kier alpha value is -3.65. The third kappa shape index (κ3) is 5.60. The number of thiocarbonyl (C=S) groups is 1. The van der Waals surface area contributed by atoms with Crippen LogP contribution in [0, 0.1) is 11.7 Å². The summed E-state index contributed by atoms with van der Waals surface area (Å²) in [6.45, 7) is 5.06. The number of piperidine rings is 1. The van der Waals surface area contributed by atoms with Gasteiger partial charge in [0.15, 0.2) is 5.11 Å². The first-order valence-electron chi connectivity index (χ1n) is 12.2. The van der Waals surface area contributed by atoms with Crippen molar-refractivity contribution in [1.29, 1.82) is 0 Å². The quantitative estimate of drug-likeness (QED) is 0.281.